The molecule has 0 aliphatic carbocycles. The monoisotopic (exact) mass is 309 g/mol. The maximum absolute atomic E-state index is 9.14. The number of rotatable bonds is 5. The van der Waals surface area contributed by atoms with Gasteiger partial charge in [-0.25, -0.2) is 0 Å². The largest absolute Gasteiger partial charge is 0.460 e. The van der Waals surface area contributed by atoms with Gasteiger partial charge in [0.2, 0.25) is 0 Å². The third kappa shape index (κ3) is 3.70. The van der Waals surface area contributed by atoms with Crippen molar-refractivity contribution < 1.29 is 9.52 Å². The SMILES string of the molecule is CC(O)CNCc1ccc(-c2ccc(Br)cc2)o1. The van der Waals surface area contributed by atoms with Crippen molar-refractivity contribution in [2.45, 2.75) is 19.6 Å². The normalized spacial score (nSPS) is 12.6. The Bertz CT molecular complexity index is 491. The topological polar surface area (TPSA) is 45.4 Å². The van der Waals surface area contributed by atoms with Gasteiger partial charge in [-0.05, 0) is 31.2 Å². The average Bonchev–Trinajstić information content (AvgIpc) is 2.78. The zero-order valence-electron chi connectivity index (χ0n) is 10.2. The molecule has 0 radical (unpaired) electrons. The lowest BCUT2D eigenvalue weighted by molar-refractivity contribution is 0.190. The van der Waals surface area contributed by atoms with E-state index in [1.54, 1.807) is 6.92 Å². The summed E-state index contributed by atoms with van der Waals surface area (Å²) in [5.41, 5.74) is 1.06. The van der Waals surface area contributed by atoms with Crippen molar-refractivity contribution in [1.29, 1.82) is 0 Å². The number of halogens is 1. The minimum absolute atomic E-state index is 0.342. The maximum Gasteiger partial charge on any atom is 0.134 e. The summed E-state index contributed by atoms with van der Waals surface area (Å²) in [6, 6.07) is 11.9. The molecular weight excluding hydrogens is 294 g/mol. The number of aliphatic hydroxyl groups is 1. The highest BCUT2D eigenvalue weighted by Crippen LogP contribution is 2.23. The third-order valence-electron chi connectivity index (χ3n) is 2.53. The van der Waals surface area contributed by atoms with Gasteiger partial charge in [0, 0.05) is 16.6 Å². The van der Waals surface area contributed by atoms with E-state index >= 15 is 0 Å². The summed E-state index contributed by atoms with van der Waals surface area (Å²) in [5, 5.41) is 12.3. The van der Waals surface area contributed by atoms with Gasteiger partial charge in [0.05, 0.1) is 12.6 Å². The molecule has 3 nitrogen and oxygen atoms in total. The Hall–Kier alpha value is -1.10. The van der Waals surface area contributed by atoms with Crippen molar-refractivity contribution in [3.63, 3.8) is 0 Å². The van der Waals surface area contributed by atoms with Gasteiger partial charge in [0.1, 0.15) is 11.5 Å². The fraction of sp³-hybridized carbons (Fsp3) is 0.286. The van der Waals surface area contributed by atoms with E-state index in [-0.39, 0.29) is 6.10 Å². The molecule has 0 fully saturated rings. The first-order valence-electron chi connectivity index (χ1n) is 5.88. The molecule has 1 unspecified atom stereocenters. The number of hydrogen-bond acceptors (Lipinski definition) is 3. The number of hydrogen-bond donors (Lipinski definition) is 2. The summed E-state index contributed by atoms with van der Waals surface area (Å²) in [5.74, 6) is 1.73. The molecule has 0 saturated carbocycles. The van der Waals surface area contributed by atoms with Gasteiger partial charge >= 0.3 is 0 Å². The van der Waals surface area contributed by atoms with Crippen LogP contribution in [0.3, 0.4) is 0 Å². The molecule has 96 valence electrons. The Morgan fingerprint density at radius 2 is 1.94 bits per heavy atom. The van der Waals surface area contributed by atoms with Crippen LogP contribution in [-0.4, -0.2) is 17.8 Å². The fourth-order valence-electron chi connectivity index (χ4n) is 1.65. The van der Waals surface area contributed by atoms with Crippen LogP contribution in [0.4, 0.5) is 0 Å². The predicted molar refractivity (Wildman–Crippen MR) is 75.2 cm³/mol. The molecule has 0 bridgehead atoms. The quantitative estimate of drug-likeness (QED) is 0.891. The van der Waals surface area contributed by atoms with E-state index in [9.17, 15) is 0 Å². The van der Waals surface area contributed by atoms with Crippen molar-refractivity contribution in [1.82, 2.24) is 5.32 Å². The maximum atomic E-state index is 9.14. The first-order valence-corrected chi connectivity index (χ1v) is 6.68. The van der Waals surface area contributed by atoms with Crippen molar-refractivity contribution in [2.24, 2.45) is 0 Å². The van der Waals surface area contributed by atoms with E-state index in [0.29, 0.717) is 13.1 Å². The smallest absolute Gasteiger partial charge is 0.134 e. The lowest BCUT2D eigenvalue weighted by atomic mass is 10.2. The summed E-state index contributed by atoms with van der Waals surface area (Å²) in [7, 11) is 0. The molecule has 2 rings (SSSR count). The van der Waals surface area contributed by atoms with Gasteiger partial charge in [-0.15, -0.1) is 0 Å². The van der Waals surface area contributed by atoms with E-state index in [1.807, 2.05) is 36.4 Å². The Morgan fingerprint density at radius 3 is 2.61 bits per heavy atom. The molecule has 1 aromatic carbocycles. The van der Waals surface area contributed by atoms with Crippen LogP contribution in [-0.2, 0) is 6.54 Å². The molecule has 0 saturated heterocycles. The van der Waals surface area contributed by atoms with Gasteiger partial charge in [0.25, 0.3) is 0 Å². The molecule has 2 aromatic rings. The first-order chi connectivity index (χ1) is 8.65. The Balaban J connectivity index is 1.99. The molecule has 1 atom stereocenters. The summed E-state index contributed by atoms with van der Waals surface area (Å²) in [4.78, 5) is 0. The van der Waals surface area contributed by atoms with E-state index in [0.717, 1.165) is 21.6 Å². The third-order valence-corrected chi connectivity index (χ3v) is 3.06. The summed E-state index contributed by atoms with van der Waals surface area (Å²) in [6.45, 7) is 2.94. The predicted octanol–water partition coefficient (Wildman–Crippen LogP) is 3.18. The molecule has 0 aliphatic heterocycles. The number of furan rings is 1. The number of benzene rings is 1. The summed E-state index contributed by atoms with van der Waals surface area (Å²) < 4.78 is 6.78. The molecule has 1 aromatic heterocycles. The summed E-state index contributed by atoms with van der Waals surface area (Å²) in [6.07, 6.45) is -0.342. The number of nitrogens with one attached hydrogen (secondary N) is 1. The minimum atomic E-state index is -0.342. The van der Waals surface area contributed by atoms with Gasteiger partial charge in [-0.1, -0.05) is 28.1 Å². The van der Waals surface area contributed by atoms with Crippen LogP contribution in [0.1, 0.15) is 12.7 Å². The first kappa shape index (κ1) is 13.3. The zero-order valence-corrected chi connectivity index (χ0v) is 11.8. The highest BCUT2D eigenvalue weighted by atomic mass is 79.9. The molecule has 18 heavy (non-hydrogen) atoms. The van der Waals surface area contributed by atoms with Crippen LogP contribution in [0.15, 0.2) is 45.3 Å². The Morgan fingerprint density at radius 1 is 1.22 bits per heavy atom. The van der Waals surface area contributed by atoms with Gasteiger partial charge < -0.3 is 14.8 Å². The van der Waals surface area contributed by atoms with Gasteiger partial charge in [-0.3, -0.25) is 0 Å². The Kier molecular flexibility index (Phi) is 4.58. The number of aliphatic hydroxyl groups excluding tert-OH is 1. The van der Waals surface area contributed by atoms with Crippen molar-refractivity contribution >= 4 is 15.9 Å². The minimum Gasteiger partial charge on any atom is -0.460 e. The van der Waals surface area contributed by atoms with Crippen LogP contribution in [0.2, 0.25) is 0 Å². The second kappa shape index (κ2) is 6.18. The van der Waals surface area contributed by atoms with Crippen LogP contribution in [0.25, 0.3) is 11.3 Å². The second-order valence-corrected chi connectivity index (χ2v) is 5.17. The lowest BCUT2D eigenvalue weighted by Gasteiger charge is -2.04. The van der Waals surface area contributed by atoms with E-state index in [1.165, 1.54) is 0 Å². The van der Waals surface area contributed by atoms with Crippen molar-refractivity contribution in [2.75, 3.05) is 6.54 Å². The highest BCUT2D eigenvalue weighted by Gasteiger charge is 2.04. The molecule has 2 N–H and O–H groups in total. The molecule has 0 aliphatic rings. The van der Waals surface area contributed by atoms with Crippen LogP contribution < -0.4 is 5.32 Å². The molecule has 0 amide bonds. The highest BCUT2D eigenvalue weighted by molar-refractivity contribution is 9.10. The lowest BCUT2D eigenvalue weighted by Crippen LogP contribution is -2.23. The molecular formula is C14H16BrNO2. The zero-order chi connectivity index (χ0) is 13.0. The van der Waals surface area contributed by atoms with E-state index in [2.05, 4.69) is 21.2 Å². The average molecular weight is 310 g/mol. The molecule has 1 heterocycles. The second-order valence-electron chi connectivity index (χ2n) is 4.25. The van der Waals surface area contributed by atoms with Crippen LogP contribution in [0, 0.1) is 0 Å². The van der Waals surface area contributed by atoms with Crippen molar-refractivity contribution in [3.8, 4) is 11.3 Å². The standard InChI is InChI=1S/C14H16BrNO2/c1-10(17)8-16-9-13-6-7-14(18-13)11-2-4-12(15)5-3-11/h2-7,10,16-17H,8-9H2,1H3. The molecule has 4 heteroatoms. The van der Waals surface area contributed by atoms with E-state index in [4.69, 9.17) is 9.52 Å². The molecule has 0 spiro atoms. The van der Waals surface area contributed by atoms with E-state index < -0.39 is 0 Å². The van der Waals surface area contributed by atoms with Crippen LogP contribution in [0.5, 0.6) is 0 Å². The van der Waals surface area contributed by atoms with Crippen LogP contribution >= 0.6 is 15.9 Å². The Labute approximate surface area is 115 Å². The summed E-state index contributed by atoms with van der Waals surface area (Å²) >= 11 is 3.41. The van der Waals surface area contributed by atoms with Crippen molar-refractivity contribution in [3.05, 3.63) is 46.6 Å². The fourth-order valence-corrected chi connectivity index (χ4v) is 1.91. The van der Waals surface area contributed by atoms with Gasteiger partial charge in [0.15, 0.2) is 0 Å². The van der Waals surface area contributed by atoms with Gasteiger partial charge in [-0.2, -0.15) is 0 Å².